The Morgan fingerprint density at radius 1 is 1.54 bits per heavy atom. The van der Waals surface area contributed by atoms with Crippen molar-refractivity contribution >= 4 is 0 Å². The minimum atomic E-state index is 0.173. The topological polar surface area (TPSA) is 43.8 Å². The van der Waals surface area contributed by atoms with E-state index in [-0.39, 0.29) is 11.5 Å². The largest absolute Gasteiger partial charge is 0.323 e. The van der Waals surface area contributed by atoms with E-state index in [4.69, 9.17) is 5.73 Å². The van der Waals surface area contributed by atoms with Crippen LogP contribution in [-0.2, 0) is 0 Å². The van der Waals surface area contributed by atoms with Gasteiger partial charge in [0, 0.05) is 12.2 Å². The lowest BCUT2D eigenvalue weighted by Gasteiger charge is -2.27. The van der Waals surface area contributed by atoms with Gasteiger partial charge in [-0.2, -0.15) is 5.10 Å². The van der Waals surface area contributed by atoms with Crippen LogP contribution in [0.2, 0.25) is 0 Å². The van der Waals surface area contributed by atoms with E-state index in [9.17, 15) is 0 Å². The number of fused-ring (bicyclic) bond motifs is 1. The van der Waals surface area contributed by atoms with E-state index in [2.05, 4.69) is 30.6 Å². The Labute approximate surface area is 78.9 Å². The maximum Gasteiger partial charge on any atom is 0.0590 e. The maximum atomic E-state index is 6.02. The molecule has 0 saturated heterocycles. The number of hydrogen-bond donors (Lipinski definition) is 1. The summed E-state index contributed by atoms with van der Waals surface area (Å²) in [6.45, 7) is 6.71. The first-order chi connectivity index (χ1) is 6.00. The normalized spacial score (nSPS) is 27.7. The lowest BCUT2D eigenvalue weighted by molar-refractivity contribution is 0.230. The highest BCUT2D eigenvalue weighted by atomic mass is 15.3. The summed E-state index contributed by atoms with van der Waals surface area (Å²) in [7, 11) is 0. The third kappa shape index (κ3) is 1.27. The van der Waals surface area contributed by atoms with E-state index in [1.54, 1.807) is 0 Å². The molecule has 0 aliphatic carbocycles. The van der Waals surface area contributed by atoms with E-state index in [1.165, 1.54) is 5.69 Å². The van der Waals surface area contributed by atoms with Gasteiger partial charge in [0.15, 0.2) is 0 Å². The summed E-state index contributed by atoms with van der Waals surface area (Å²) in [5, 5.41) is 4.33. The minimum Gasteiger partial charge on any atom is -0.323 e. The van der Waals surface area contributed by atoms with Crippen molar-refractivity contribution in [3.63, 3.8) is 0 Å². The van der Waals surface area contributed by atoms with Crippen LogP contribution in [0, 0.1) is 5.41 Å². The average Bonchev–Trinajstić information content (AvgIpc) is 2.51. The van der Waals surface area contributed by atoms with Gasteiger partial charge in [-0.05, 0) is 17.9 Å². The van der Waals surface area contributed by atoms with E-state index in [0.717, 1.165) is 6.42 Å². The second kappa shape index (κ2) is 2.58. The molecule has 0 amide bonds. The average molecular weight is 179 g/mol. The fourth-order valence-electron chi connectivity index (χ4n) is 2.06. The second-order valence-electron chi connectivity index (χ2n) is 4.92. The van der Waals surface area contributed by atoms with Gasteiger partial charge in [0.05, 0.1) is 11.7 Å². The molecule has 3 nitrogen and oxygen atoms in total. The van der Waals surface area contributed by atoms with E-state index in [0.29, 0.717) is 6.04 Å². The van der Waals surface area contributed by atoms with Gasteiger partial charge in [0.2, 0.25) is 0 Å². The Balaban J connectivity index is 2.39. The molecular formula is C10H17N3. The Morgan fingerprint density at radius 2 is 2.23 bits per heavy atom. The Kier molecular flexibility index (Phi) is 1.74. The van der Waals surface area contributed by atoms with E-state index < -0.39 is 0 Å². The monoisotopic (exact) mass is 179 g/mol. The lowest BCUT2D eigenvalue weighted by Crippen LogP contribution is -2.22. The van der Waals surface area contributed by atoms with Crippen molar-refractivity contribution in [2.24, 2.45) is 11.1 Å². The molecule has 0 spiro atoms. The Morgan fingerprint density at radius 3 is 2.85 bits per heavy atom. The SMILES string of the molecule is CC(C)(C)[C@@H]1C[C@H](N)c2ccnn21. The summed E-state index contributed by atoms with van der Waals surface area (Å²) in [4.78, 5) is 0. The van der Waals surface area contributed by atoms with Gasteiger partial charge in [-0.3, -0.25) is 4.68 Å². The Bertz CT molecular complexity index is 308. The van der Waals surface area contributed by atoms with Crippen LogP contribution in [0.4, 0.5) is 0 Å². The quantitative estimate of drug-likeness (QED) is 0.660. The fraction of sp³-hybridized carbons (Fsp3) is 0.700. The third-order valence-corrected chi connectivity index (χ3v) is 2.85. The summed E-state index contributed by atoms with van der Waals surface area (Å²) in [5.41, 5.74) is 7.44. The van der Waals surface area contributed by atoms with E-state index >= 15 is 0 Å². The first-order valence-corrected chi connectivity index (χ1v) is 4.79. The van der Waals surface area contributed by atoms with Gasteiger partial charge >= 0.3 is 0 Å². The van der Waals surface area contributed by atoms with Crippen LogP contribution in [0.5, 0.6) is 0 Å². The summed E-state index contributed by atoms with van der Waals surface area (Å²) in [6, 6.07) is 2.65. The highest BCUT2D eigenvalue weighted by Crippen LogP contribution is 2.42. The van der Waals surface area contributed by atoms with E-state index in [1.807, 2.05) is 12.3 Å². The van der Waals surface area contributed by atoms with Gasteiger partial charge in [0.25, 0.3) is 0 Å². The zero-order valence-corrected chi connectivity index (χ0v) is 8.49. The molecule has 0 aromatic carbocycles. The molecule has 1 aromatic rings. The fourth-order valence-corrected chi connectivity index (χ4v) is 2.06. The van der Waals surface area contributed by atoms with Crippen LogP contribution in [0.1, 0.15) is 45.0 Å². The van der Waals surface area contributed by atoms with Gasteiger partial charge in [-0.15, -0.1) is 0 Å². The van der Waals surface area contributed by atoms with Crippen molar-refractivity contribution in [3.8, 4) is 0 Å². The number of hydrogen-bond acceptors (Lipinski definition) is 2. The van der Waals surface area contributed by atoms with Gasteiger partial charge in [-0.25, -0.2) is 0 Å². The molecule has 0 fully saturated rings. The van der Waals surface area contributed by atoms with Crippen molar-refractivity contribution in [1.29, 1.82) is 0 Å². The maximum absolute atomic E-state index is 6.02. The van der Waals surface area contributed by atoms with Gasteiger partial charge in [0.1, 0.15) is 0 Å². The summed E-state index contributed by atoms with van der Waals surface area (Å²) in [6.07, 6.45) is 2.86. The molecule has 0 bridgehead atoms. The number of nitrogens with two attached hydrogens (primary N) is 1. The molecule has 0 radical (unpaired) electrons. The predicted molar refractivity (Wildman–Crippen MR) is 52.3 cm³/mol. The van der Waals surface area contributed by atoms with Crippen molar-refractivity contribution in [1.82, 2.24) is 9.78 Å². The van der Waals surface area contributed by atoms with Crippen molar-refractivity contribution < 1.29 is 0 Å². The lowest BCUT2D eigenvalue weighted by atomic mass is 9.85. The molecule has 2 N–H and O–H groups in total. The molecule has 72 valence electrons. The van der Waals surface area contributed by atoms with Crippen LogP contribution in [0.15, 0.2) is 12.3 Å². The molecule has 0 saturated carbocycles. The molecular weight excluding hydrogens is 162 g/mol. The summed E-state index contributed by atoms with van der Waals surface area (Å²) >= 11 is 0. The molecule has 13 heavy (non-hydrogen) atoms. The summed E-state index contributed by atoms with van der Waals surface area (Å²) in [5.74, 6) is 0. The van der Waals surface area contributed by atoms with Crippen LogP contribution in [-0.4, -0.2) is 9.78 Å². The molecule has 1 aliphatic rings. The predicted octanol–water partition coefficient (Wildman–Crippen LogP) is 1.87. The number of rotatable bonds is 0. The van der Waals surface area contributed by atoms with Crippen molar-refractivity contribution in [2.75, 3.05) is 0 Å². The van der Waals surface area contributed by atoms with Crippen LogP contribution < -0.4 is 5.73 Å². The van der Waals surface area contributed by atoms with Crippen LogP contribution >= 0.6 is 0 Å². The standard InChI is InChI=1S/C10H17N3/c1-10(2,3)9-6-7(11)8-4-5-12-13(8)9/h4-5,7,9H,6,11H2,1-3H3/t7-,9-/m0/s1. The molecule has 1 aromatic heterocycles. The number of aromatic nitrogens is 2. The first kappa shape index (κ1) is 8.75. The molecule has 2 rings (SSSR count). The summed E-state index contributed by atoms with van der Waals surface area (Å²) < 4.78 is 2.09. The van der Waals surface area contributed by atoms with Gasteiger partial charge in [-0.1, -0.05) is 20.8 Å². The zero-order valence-electron chi connectivity index (χ0n) is 8.49. The van der Waals surface area contributed by atoms with Gasteiger partial charge < -0.3 is 5.73 Å². The third-order valence-electron chi connectivity index (χ3n) is 2.85. The van der Waals surface area contributed by atoms with Crippen molar-refractivity contribution in [2.45, 2.75) is 39.3 Å². The highest BCUT2D eigenvalue weighted by molar-refractivity contribution is 5.14. The van der Waals surface area contributed by atoms with Crippen molar-refractivity contribution in [3.05, 3.63) is 18.0 Å². The molecule has 3 heteroatoms. The first-order valence-electron chi connectivity index (χ1n) is 4.79. The smallest absolute Gasteiger partial charge is 0.0590 e. The zero-order chi connectivity index (χ0) is 9.64. The Hall–Kier alpha value is -0.830. The highest BCUT2D eigenvalue weighted by Gasteiger charge is 2.36. The number of nitrogens with zero attached hydrogens (tertiary/aromatic N) is 2. The minimum absolute atomic E-state index is 0.173. The molecule has 1 aliphatic heterocycles. The molecule has 2 atom stereocenters. The van der Waals surface area contributed by atoms with Crippen LogP contribution in [0.25, 0.3) is 0 Å². The molecule has 0 unspecified atom stereocenters. The van der Waals surface area contributed by atoms with Crippen LogP contribution in [0.3, 0.4) is 0 Å². The second-order valence-corrected chi connectivity index (χ2v) is 4.92. The molecule has 2 heterocycles.